The summed E-state index contributed by atoms with van der Waals surface area (Å²) in [6.07, 6.45) is 6.94. The number of hydrogen-bond donors (Lipinski definition) is 1. The zero-order valence-electron chi connectivity index (χ0n) is 8.59. The molecule has 0 spiro atoms. The number of allylic oxidation sites excluding steroid dienone is 1. The van der Waals surface area contributed by atoms with Gasteiger partial charge in [0.1, 0.15) is 0 Å². The van der Waals surface area contributed by atoms with E-state index < -0.39 is 6.10 Å². The second-order valence-electron chi connectivity index (χ2n) is 2.77. The van der Waals surface area contributed by atoms with E-state index in [1.807, 2.05) is 0 Å². The van der Waals surface area contributed by atoms with Crippen LogP contribution in [0.2, 0.25) is 0 Å². The van der Waals surface area contributed by atoms with E-state index in [0.29, 0.717) is 6.42 Å². The molecule has 0 rings (SSSR count). The van der Waals surface area contributed by atoms with Gasteiger partial charge in [-0.2, -0.15) is 0 Å². The van der Waals surface area contributed by atoms with Crippen molar-refractivity contribution in [2.45, 2.75) is 32.3 Å². The summed E-state index contributed by atoms with van der Waals surface area (Å²) >= 11 is 0. The fourth-order valence-corrected chi connectivity index (χ4v) is 0.718. The maximum atomic E-state index is 9.23. The minimum atomic E-state index is -0.481. The molecular weight excluding hydrogens is 172 g/mol. The Labute approximate surface area is 86.5 Å². The maximum absolute atomic E-state index is 9.23. The first-order chi connectivity index (χ1) is 6.81. The SMILES string of the molecule is C=CCC(O)/C=C/C#CC#CCCC. The topological polar surface area (TPSA) is 20.2 Å². The van der Waals surface area contributed by atoms with Gasteiger partial charge in [-0.3, -0.25) is 0 Å². The fourth-order valence-electron chi connectivity index (χ4n) is 0.718. The van der Waals surface area contributed by atoms with Crippen LogP contribution in [0.1, 0.15) is 26.2 Å². The standard InChI is InChI=1S/C13H16O/c1-3-5-6-7-8-9-10-12-13(14)11-4-2/h4,10,12-14H,2-3,5,11H2,1H3/b12-10+. The van der Waals surface area contributed by atoms with Gasteiger partial charge < -0.3 is 5.11 Å². The first-order valence-corrected chi connectivity index (χ1v) is 4.75. The molecule has 0 bridgehead atoms. The number of unbranched alkanes of at least 4 members (excludes halogenated alkanes) is 1. The highest BCUT2D eigenvalue weighted by atomic mass is 16.3. The fraction of sp³-hybridized carbons (Fsp3) is 0.385. The predicted molar refractivity (Wildman–Crippen MR) is 60.4 cm³/mol. The molecule has 1 atom stereocenters. The zero-order valence-corrected chi connectivity index (χ0v) is 8.59. The Morgan fingerprint density at radius 1 is 1.43 bits per heavy atom. The highest BCUT2D eigenvalue weighted by Crippen LogP contribution is 1.92. The highest BCUT2D eigenvalue weighted by Gasteiger charge is 1.90. The molecule has 0 amide bonds. The molecule has 1 N–H and O–H groups in total. The first kappa shape index (κ1) is 12.6. The average molecular weight is 188 g/mol. The van der Waals surface area contributed by atoms with Crippen LogP contribution in [0.5, 0.6) is 0 Å². The van der Waals surface area contributed by atoms with E-state index in [-0.39, 0.29) is 0 Å². The molecule has 0 radical (unpaired) electrons. The molecule has 0 fully saturated rings. The van der Waals surface area contributed by atoms with E-state index in [2.05, 4.69) is 37.2 Å². The lowest BCUT2D eigenvalue weighted by Gasteiger charge is -1.96. The van der Waals surface area contributed by atoms with Crippen molar-refractivity contribution in [1.29, 1.82) is 0 Å². The summed E-state index contributed by atoms with van der Waals surface area (Å²) in [6.45, 7) is 5.60. The minimum Gasteiger partial charge on any atom is -0.389 e. The number of hydrogen-bond acceptors (Lipinski definition) is 1. The van der Waals surface area contributed by atoms with Gasteiger partial charge in [0.25, 0.3) is 0 Å². The van der Waals surface area contributed by atoms with Crippen LogP contribution in [0.25, 0.3) is 0 Å². The Morgan fingerprint density at radius 2 is 2.21 bits per heavy atom. The summed E-state index contributed by atoms with van der Waals surface area (Å²) < 4.78 is 0. The van der Waals surface area contributed by atoms with Gasteiger partial charge in [-0.15, -0.1) is 6.58 Å². The van der Waals surface area contributed by atoms with Crippen LogP contribution in [-0.4, -0.2) is 11.2 Å². The summed E-state index contributed by atoms with van der Waals surface area (Å²) in [4.78, 5) is 0. The lowest BCUT2D eigenvalue weighted by Crippen LogP contribution is -1.98. The van der Waals surface area contributed by atoms with Gasteiger partial charge in [0.15, 0.2) is 0 Å². The normalized spacial score (nSPS) is 11.0. The van der Waals surface area contributed by atoms with Gasteiger partial charge in [-0.05, 0) is 36.8 Å². The van der Waals surface area contributed by atoms with Gasteiger partial charge >= 0.3 is 0 Å². The van der Waals surface area contributed by atoms with Crippen molar-refractivity contribution in [2.24, 2.45) is 0 Å². The maximum Gasteiger partial charge on any atom is 0.0764 e. The van der Waals surface area contributed by atoms with Crippen molar-refractivity contribution in [3.05, 3.63) is 24.8 Å². The van der Waals surface area contributed by atoms with Crippen LogP contribution in [0, 0.1) is 23.7 Å². The third-order valence-corrected chi connectivity index (χ3v) is 1.41. The summed E-state index contributed by atoms with van der Waals surface area (Å²) in [5.41, 5.74) is 0. The second-order valence-corrected chi connectivity index (χ2v) is 2.77. The van der Waals surface area contributed by atoms with Crippen LogP contribution in [-0.2, 0) is 0 Å². The van der Waals surface area contributed by atoms with Crippen molar-refractivity contribution in [2.75, 3.05) is 0 Å². The number of aliphatic hydroxyl groups excluding tert-OH is 1. The molecule has 1 nitrogen and oxygen atoms in total. The summed E-state index contributed by atoms with van der Waals surface area (Å²) in [5, 5.41) is 9.23. The molecule has 0 aliphatic rings. The summed E-state index contributed by atoms with van der Waals surface area (Å²) in [6, 6.07) is 0. The van der Waals surface area contributed by atoms with Gasteiger partial charge in [0.2, 0.25) is 0 Å². The van der Waals surface area contributed by atoms with Crippen molar-refractivity contribution < 1.29 is 5.11 Å². The van der Waals surface area contributed by atoms with Crippen LogP contribution >= 0.6 is 0 Å². The molecule has 1 heteroatoms. The highest BCUT2D eigenvalue weighted by molar-refractivity contribution is 5.30. The van der Waals surface area contributed by atoms with Crippen LogP contribution in [0.4, 0.5) is 0 Å². The summed E-state index contributed by atoms with van der Waals surface area (Å²) in [7, 11) is 0. The van der Waals surface area contributed by atoms with E-state index >= 15 is 0 Å². The molecule has 0 aromatic heterocycles. The van der Waals surface area contributed by atoms with E-state index in [0.717, 1.165) is 12.8 Å². The lowest BCUT2D eigenvalue weighted by molar-refractivity contribution is 0.227. The molecular formula is C13H16O. The van der Waals surface area contributed by atoms with E-state index in [4.69, 9.17) is 0 Å². The molecule has 74 valence electrons. The van der Waals surface area contributed by atoms with Crippen LogP contribution in [0.3, 0.4) is 0 Å². The molecule has 0 aromatic rings. The quantitative estimate of drug-likeness (QED) is 0.530. The van der Waals surface area contributed by atoms with Crippen LogP contribution < -0.4 is 0 Å². The van der Waals surface area contributed by atoms with E-state index in [1.165, 1.54) is 0 Å². The van der Waals surface area contributed by atoms with Gasteiger partial charge in [-0.1, -0.05) is 24.8 Å². The Kier molecular flexibility index (Phi) is 8.65. The molecule has 0 heterocycles. The molecule has 0 aliphatic carbocycles. The zero-order chi connectivity index (χ0) is 10.6. The third-order valence-electron chi connectivity index (χ3n) is 1.41. The van der Waals surface area contributed by atoms with Crippen molar-refractivity contribution in [1.82, 2.24) is 0 Å². The van der Waals surface area contributed by atoms with E-state index in [1.54, 1.807) is 18.2 Å². The Balaban J connectivity index is 3.80. The molecule has 1 unspecified atom stereocenters. The van der Waals surface area contributed by atoms with Gasteiger partial charge in [0.05, 0.1) is 6.10 Å². The number of rotatable bonds is 4. The molecule has 0 aliphatic heterocycles. The second kappa shape index (κ2) is 9.65. The smallest absolute Gasteiger partial charge is 0.0764 e. The van der Waals surface area contributed by atoms with Crippen molar-refractivity contribution >= 4 is 0 Å². The van der Waals surface area contributed by atoms with Gasteiger partial charge in [0, 0.05) is 6.42 Å². The Hall–Kier alpha value is -1.44. The molecule has 0 aromatic carbocycles. The summed E-state index contributed by atoms with van der Waals surface area (Å²) in [5.74, 6) is 11.1. The van der Waals surface area contributed by atoms with Gasteiger partial charge in [-0.25, -0.2) is 0 Å². The number of aliphatic hydroxyl groups is 1. The molecule has 0 saturated heterocycles. The molecule has 14 heavy (non-hydrogen) atoms. The van der Waals surface area contributed by atoms with Crippen molar-refractivity contribution in [3.63, 3.8) is 0 Å². The predicted octanol–water partition coefficient (Wildman–Crippen LogP) is 2.29. The largest absolute Gasteiger partial charge is 0.389 e. The van der Waals surface area contributed by atoms with Crippen LogP contribution in [0.15, 0.2) is 24.8 Å². The first-order valence-electron chi connectivity index (χ1n) is 4.75. The minimum absolute atomic E-state index is 0.481. The Bertz CT molecular complexity index is 291. The average Bonchev–Trinajstić information content (AvgIpc) is 2.17. The van der Waals surface area contributed by atoms with E-state index in [9.17, 15) is 5.11 Å². The third kappa shape index (κ3) is 8.65. The Morgan fingerprint density at radius 3 is 2.86 bits per heavy atom. The lowest BCUT2D eigenvalue weighted by atomic mass is 10.2. The molecule has 0 saturated carbocycles. The monoisotopic (exact) mass is 188 g/mol. The van der Waals surface area contributed by atoms with Crippen molar-refractivity contribution in [3.8, 4) is 23.7 Å².